The molecule has 0 atom stereocenters. The minimum Gasteiger partial charge on any atom is -0.478 e. The molecule has 0 amide bonds. The predicted molar refractivity (Wildman–Crippen MR) is 75.9 cm³/mol. The van der Waals surface area contributed by atoms with Crippen molar-refractivity contribution in [2.75, 3.05) is 0 Å². The number of hydrogen-bond acceptors (Lipinski definition) is 5. The lowest BCUT2D eigenvalue weighted by atomic mass is 10.1. The van der Waals surface area contributed by atoms with Gasteiger partial charge in [0.1, 0.15) is 10.8 Å². The Morgan fingerprint density at radius 3 is 2.55 bits per heavy atom. The standard InChI is InChI=1S/C13H13NO4S2/c1-8-5-9(2)11(6-10(8)13(15)16)20(17,18)7-12-14-3-4-19-12/h3-6H,7H2,1-2H3,(H,15,16). The van der Waals surface area contributed by atoms with Crippen LogP contribution in [0.15, 0.2) is 28.6 Å². The maximum atomic E-state index is 12.4. The van der Waals surface area contributed by atoms with Gasteiger partial charge in [0, 0.05) is 11.6 Å². The van der Waals surface area contributed by atoms with Gasteiger partial charge in [0.2, 0.25) is 0 Å². The second-order valence-electron chi connectivity index (χ2n) is 4.42. The molecule has 0 aliphatic rings. The molecule has 0 spiro atoms. The highest BCUT2D eigenvalue weighted by atomic mass is 32.2. The van der Waals surface area contributed by atoms with Crippen molar-refractivity contribution in [3.8, 4) is 0 Å². The van der Waals surface area contributed by atoms with Crippen LogP contribution in [0, 0.1) is 13.8 Å². The summed E-state index contributed by atoms with van der Waals surface area (Å²) >= 11 is 1.26. The monoisotopic (exact) mass is 311 g/mol. The molecule has 1 N–H and O–H groups in total. The van der Waals surface area contributed by atoms with Crippen LogP contribution < -0.4 is 0 Å². The van der Waals surface area contributed by atoms with Crippen LogP contribution in [0.5, 0.6) is 0 Å². The fraction of sp³-hybridized carbons (Fsp3) is 0.231. The van der Waals surface area contributed by atoms with E-state index in [0.717, 1.165) is 0 Å². The van der Waals surface area contributed by atoms with Gasteiger partial charge in [0.25, 0.3) is 0 Å². The Bertz CT molecular complexity index is 749. The van der Waals surface area contributed by atoms with Crippen LogP contribution in [0.25, 0.3) is 0 Å². The molecule has 0 unspecified atom stereocenters. The fourth-order valence-electron chi connectivity index (χ4n) is 1.96. The molecule has 1 aromatic carbocycles. The molecule has 0 saturated heterocycles. The van der Waals surface area contributed by atoms with E-state index in [1.54, 1.807) is 31.5 Å². The topological polar surface area (TPSA) is 84.3 Å². The Balaban J connectivity index is 2.51. The summed E-state index contributed by atoms with van der Waals surface area (Å²) in [5.74, 6) is -1.35. The molecule has 1 heterocycles. The molecule has 0 fully saturated rings. The number of hydrogen-bond donors (Lipinski definition) is 1. The van der Waals surface area contributed by atoms with Crippen LogP contribution in [0.2, 0.25) is 0 Å². The smallest absolute Gasteiger partial charge is 0.335 e. The molecule has 7 heteroatoms. The van der Waals surface area contributed by atoms with E-state index in [4.69, 9.17) is 5.11 Å². The van der Waals surface area contributed by atoms with Crippen molar-refractivity contribution in [1.82, 2.24) is 4.98 Å². The molecular formula is C13H13NO4S2. The van der Waals surface area contributed by atoms with Crippen molar-refractivity contribution in [2.45, 2.75) is 24.5 Å². The molecule has 0 bridgehead atoms. The Kier molecular flexibility index (Phi) is 3.92. The van der Waals surface area contributed by atoms with Gasteiger partial charge in [0.15, 0.2) is 9.84 Å². The quantitative estimate of drug-likeness (QED) is 0.937. The third-order valence-electron chi connectivity index (χ3n) is 2.88. The number of carbonyl (C=O) groups is 1. The van der Waals surface area contributed by atoms with Crippen molar-refractivity contribution >= 4 is 27.1 Å². The summed E-state index contributed by atoms with van der Waals surface area (Å²) in [7, 11) is -3.60. The molecule has 5 nitrogen and oxygen atoms in total. The Morgan fingerprint density at radius 2 is 2.00 bits per heavy atom. The average molecular weight is 311 g/mol. The van der Waals surface area contributed by atoms with E-state index in [1.807, 2.05) is 0 Å². The van der Waals surface area contributed by atoms with Gasteiger partial charge in [-0.05, 0) is 31.0 Å². The number of sulfone groups is 1. The van der Waals surface area contributed by atoms with E-state index in [2.05, 4.69) is 4.98 Å². The molecule has 0 saturated carbocycles. The van der Waals surface area contributed by atoms with Crippen LogP contribution in [-0.2, 0) is 15.6 Å². The van der Waals surface area contributed by atoms with Gasteiger partial charge in [-0.3, -0.25) is 0 Å². The van der Waals surface area contributed by atoms with Gasteiger partial charge >= 0.3 is 5.97 Å². The maximum Gasteiger partial charge on any atom is 0.335 e. The summed E-state index contributed by atoms with van der Waals surface area (Å²) in [4.78, 5) is 15.1. The largest absolute Gasteiger partial charge is 0.478 e. The third kappa shape index (κ3) is 2.88. The summed E-state index contributed by atoms with van der Waals surface area (Å²) < 4.78 is 24.8. The summed E-state index contributed by atoms with van der Waals surface area (Å²) in [6, 6.07) is 2.81. The first-order chi connectivity index (χ1) is 9.31. The maximum absolute atomic E-state index is 12.4. The minimum atomic E-state index is -3.60. The predicted octanol–water partition coefficient (Wildman–Crippen LogP) is 2.43. The van der Waals surface area contributed by atoms with Crippen LogP contribution in [0.1, 0.15) is 26.5 Å². The molecule has 106 valence electrons. The number of carboxylic acids is 1. The average Bonchev–Trinajstić information content (AvgIpc) is 2.79. The number of nitrogens with zero attached hydrogens (tertiary/aromatic N) is 1. The molecule has 0 aliphatic carbocycles. The van der Waals surface area contributed by atoms with Gasteiger partial charge in [-0.15, -0.1) is 11.3 Å². The summed E-state index contributed by atoms with van der Waals surface area (Å²) in [6.07, 6.45) is 1.54. The number of thiazole rings is 1. The minimum absolute atomic E-state index is 0.00770. The second-order valence-corrected chi connectivity index (χ2v) is 7.36. The molecular weight excluding hydrogens is 298 g/mol. The zero-order valence-electron chi connectivity index (χ0n) is 11.0. The van der Waals surface area contributed by atoms with Crippen molar-refractivity contribution in [3.63, 3.8) is 0 Å². The van der Waals surface area contributed by atoms with Crippen LogP contribution in [0.4, 0.5) is 0 Å². The number of aromatic carboxylic acids is 1. The molecule has 0 radical (unpaired) electrons. The Hall–Kier alpha value is -1.73. The number of carboxylic acid groups (broad SMARTS) is 1. The third-order valence-corrected chi connectivity index (χ3v) is 5.61. The second kappa shape index (κ2) is 5.34. The van der Waals surface area contributed by atoms with Gasteiger partial charge in [-0.2, -0.15) is 0 Å². The number of aryl methyl sites for hydroxylation is 2. The van der Waals surface area contributed by atoms with Crippen molar-refractivity contribution in [2.24, 2.45) is 0 Å². The number of benzene rings is 1. The highest BCUT2D eigenvalue weighted by molar-refractivity contribution is 7.90. The first kappa shape index (κ1) is 14.7. The van der Waals surface area contributed by atoms with E-state index >= 15 is 0 Å². The highest BCUT2D eigenvalue weighted by Gasteiger charge is 2.22. The first-order valence-corrected chi connectivity index (χ1v) is 8.30. The van der Waals surface area contributed by atoms with E-state index < -0.39 is 15.8 Å². The fourth-order valence-corrected chi connectivity index (χ4v) is 4.50. The van der Waals surface area contributed by atoms with Gasteiger partial charge in [-0.1, -0.05) is 6.07 Å². The Labute approximate surface area is 120 Å². The first-order valence-electron chi connectivity index (χ1n) is 5.77. The summed E-state index contributed by atoms with van der Waals surface area (Å²) in [6.45, 7) is 3.31. The number of rotatable bonds is 4. The van der Waals surface area contributed by atoms with Crippen LogP contribution >= 0.6 is 11.3 Å². The zero-order chi connectivity index (χ0) is 14.9. The van der Waals surface area contributed by atoms with Gasteiger partial charge in [-0.25, -0.2) is 18.2 Å². The highest BCUT2D eigenvalue weighted by Crippen LogP contribution is 2.24. The van der Waals surface area contributed by atoms with Crippen molar-refractivity contribution < 1.29 is 18.3 Å². The molecule has 2 aromatic rings. The van der Waals surface area contributed by atoms with Crippen LogP contribution in [-0.4, -0.2) is 24.5 Å². The molecule has 1 aromatic heterocycles. The zero-order valence-corrected chi connectivity index (χ0v) is 12.6. The Morgan fingerprint density at radius 1 is 1.30 bits per heavy atom. The normalized spacial score (nSPS) is 11.5. The van der Waals surface area contributed by atoms with Gasteiger partial charge in [0.05, 0.1) is 10.5 Å². The van der Waals surface area contributed by atoms with E-state index in [1.165, 1.54) is 17.4 Å². The summed E-state index contributed by atoms with van der Waals surface area (Å²) in [5.41, 5.74) is 1.10. The van der Waals surface area contributed by atoms with E-state index in [9.17, 15) is 13.2 Å². The molecule has 0 aliphatic heterocycles. The van der Waals surface area contributed by atoms with E-state index in [0.29, 0.717) is 16.1 Å². The summed E-state index contributed by atoms with van der Waals surface area (Å²) in [5, 5.41) is 11.3. The lowest BCUT2D eigenvalue weighted by Gasteiger charge is -2.10. The molecule has 2 rings (SSSR count). The lowest BCUT2D eigenvalue weighted by Crippen LogP contribution is -2.10. The van der Waals surface area contributed by atoms with Crippen molar-refractivity contribution in [3.05, 3.63) is 45.4 Å². The molecule has 20 heavy (non-hydrogen) atoms. The number of aromatic nitrogens is 1. The van der Waals surface area contributed by atoms with Gasteiger partial charge < -0.3 is 5.11 Å². The SMILES string of the molecule is Cc1cc(C)c(S(=O)(=O)Cc2nccs2)cc1C(=O)O. The van der Waals surface area contributed by atoms with Crippen LogP contribution in [0.3, 0.4) is 0 Å². The van der Waals surface area contributed by atoms with E-state index in [-0.39, 0.29) is 16.2 Å². The lowest BCUT2D eigenvalue weighted by molar-refractivity contribution is 0.0696. The van der Waals surface area contributed by atoms with Crippen molar-refractivity contribution in [1.29, 1.82) is 0 Å².